The van der Waals surface area contributed by atoms with Gasteiger partial charge in [0.15, 0.2) is 0 Å². The van der Waals surface area contributed by atoms with Gasteiger partial charge in [-0.15, -0.1) is 0 Å². The van der Waals surface area contributed by atoms with Gasteiger partial charge in [0, 0.05) is 13.1 Å². The van der Waals surface area contributed by atoms with E-state index in [4.69, 9.17) is 10.5 Å². The molecule has 1 heterocycles. The van der Waals surface area contributed by atoms with Gasteiger partial charge in [-0.3, -0.25) is 4.79 Å². The Kier molecular flexibility index (Phi) is 5.29. The molecule has 6 nitrogen and oxygen atoms in total. The third-order valence-electron chi connectivity index (χ3n) is 4.54. The summed E-state index contributed by atoms with van der Waals surface area (Å²) >= 11 is 0. The minimum absolute atomic E-state index is 0.0147. The first-order chi connectivity index (χ1) is 12.4. The Hall–Kier alpha value is -2.38. The number of sulfone groups is 1. The van der Waals surface area contributed by atoms with Crippen LogP contribution >= 0.6 is 0 Å². The number of primary amides is 1. The molecule has 1 aliphatic heterocycles. The minimum Gasteiger partial charge on any atom is -0.490 e. The van der Waals surface area contributed by atoms with Gasteiger partial charge in [-0.1, -0.05) is 12.1 Å². The summed E-state index contributed by atoms with van der Waals surface area (Å²) in [6, 6.07) is 12.2. The molecule has 0 saturated carbocycles. The van der Waals surface area contributed by atoms with Gasteiger partial charge in [-0.05, 0) is 56.3 Å². The van der Waals surface area contributed by atoms with E-state index >= 15 is 0 Å². The van der Waals surface area contributed by atoms with Crippen molar-refractivity contribution >= 4 is 15.7 Å². The van der Waals surface area contributed by atoms with E-state index in [1.807, 2.05) is 0 Å². The molecule has 0 aromatic heterocycles. The van der Waals surface area contributed by atoms with Crippen LogP contribution in [0.4, 0.5) is 0 Å². The molecule has 7 heteroatoms. The van der Waals surface area contributed by atoms with Crippen LogP contribution in [-0.4, -0.2) is 45.5 Å². The molecule has 1 aliphatic rings. The highest BCUT2D eigenvalue weighted by molar-refractivity contribution is 7.91. The van der Waals surface area contributed by atoms with Gasteiger partial charge in [0.25, 0.3) is 0 Å². The Morgan fingerprint density at radius 3 is 2.31 bits per heavy atom. The van der Waals surface area contributed by atoms with Crippen molar-refractivity contribution in [3.63, 3.8) is 0 Å². The number of likely N-dealkylation sites (tertiary alicyclic amines) is 1. The van der Waals surface area contributed by atoms with E-state index in [2.05, 4.69) is 11.9 Å². The Labute approximate surface area is 153 Å². The highest BCUT2D eigenvalue weighted by atomic mass is 32.2. The highest BCUT2D eigenvalue weighted by Crippen LogP contribution is 2.26. The van der Waals surface area contributed by atoms with E-state index in [0.717, 1.165) is 25.9 Å². The fourth-order valence-corrected chi connectivity index (χ4v) is 4.49. The van der Waals surface area contributed by atoms with Crippen LogP contribution in [0.2, 0.25) is 0 Å². The monoisotopic (exact) mass is 374 g/mol. The molecule has 2 N–H and O–H groups in total. The van der Waals surface area contributed by atoms with Crippen molar-refractivity contribution in [1.29, 1.82) is 0 Å². The lowest BCUT2D eigenvalue weighted by Gasteiger charge is -2.29. The minimum atomic E-state index is -3.83. The van der Waals surface area contributed by atoms with E-state index in [-0.39, 0.29) is 21.5 Å². The van der Waals surface area contributed by atoms with E-state index in [9.17, 15) is 13.2 Å². The fraction of sp³-hybridized carbons (Fsp3) is 0.316. The molecule has 26 heavy (non-hydrogen) atoms. The van der Waals surface area contributed by atoms with E-state index in [1.165, 1.54) is 24.3 Å². The zero-order valence-corrected chi connectivity index (χ0v) is 15.4. The first-order valence-electron chi connectivity index (χ1n) is 8.47. The van der Waals surface area contributed by atoms with Gasteiger partial charge < -0.3 is 15.4 Å². The van der Waals surface area contributed by atoms with E-state index in [0.29, 0.717) is 5.75 Å². The van der Waals surface area contributed by atoms with Crippen LogP contribution in [0.3, 0.4) is 0 Å². The number of hydrogen-bond donors (Lipinski definition) is 1. The van der Waals surface area contributed by atoms with Crippen LogP contribution in [-0.2, 0) is 9.84 Å². The second-order valence-electron chi connectivity index (χ2n) is 6.46. The number of nitrogens with zero attached hydrogens (tertiary/aromatic N) is 1. The van der Waals surface area contributed by atoms with E-state index < -0.39 is 15.7 Å². The molecule has 3 rings (SSSR count). The molecule has 0 aliphatic carbocycles. The van der Waals surface area contributed by atoms with Crippen molar-refractivity contribution in [2.75, 3.05) is 20.1 Å². The SMILES string of the molecule is CN1CCC(Oc2ccc(S(=O)(=O)c3ccccc3C(N)=O)cc2)CC1. The number of piperidine rings is 1. The summed E-state index contributed by atoms with van der Waals surface area (Å²) in [7, 11) is -1.75. The van der Waals surface area contributed by atoms with Crippen molar-refractivity contribution in [2.45, 2.75) is 28.7 Å². The lowest BCUT2D eigenvalue weighted by atomic mass is 10.1. The maximum absolute atomic E-state index is 12.8. The first-order valence-corrected chi connectivity index (χ1v) is 9.95. The number of ether oxygens (including phenoxy) is 1. The second kappa shape index (κ2) is 7.47. The molecule has 0 radical (unpaired) electrons. The summed E-state index contributed by atoms with van der Waals surface area (Å²) in [5.41, 5.74) is 5.29. The Morgan fingerprint density at radius 1 is 1.08 bits per heavy atom. The molecule has 1 fully saturated rings. The third-order valence-corrected chi connectivity index (χ3v) is 6.37. The molecule has 0 unspecified atom stereocenters. The Morgan fingerprint density at radius 2 is 1.69 bits per heavy atom. The van der Waals surface area contributed by atoms with Gasteiger partial charge in [0.05, 0.1) is 15.4 Å². The normalized spacial score (nSPS) is 16.3. The maximum atomic E-state index is 12.8. The Bertz CT molecular complexity index is 886. The average Bonchev–Trinajstić information content (AvgIpc) is 2.64. The number of amides is 1. The number of rotatable bonds is 5. The van der Waals surface area contributed by atoms with E-state index in [1.54, 1.807) is 24.3 Å². The van der Waals surface area contributed by atoms with Crippen LogP contribution in [0.15, 0.2) is 58.3 Å². The van der Waals surface area contributed by atoms with Crippen molar-refractivity contribution < 1.29 is 17.9 Å². The number of carbonyl (C=O) groups excluding carboxylic acids is 1. The van der Waals surface area contributed by atoms with Crippen LogP contribution in [0, 0.1) is 0 Å². The van der Waals surface area contributed by atoms with Gasteiger partial charge >= 0.3 is 0 Å². The summed E-state index contributed by atoms with van der Waals surface area (Å²) in [6.45, 7) is 1.97. The lowest BCUT2D eigenvalue weighted by molar-refractivity contribution is 0.0997. The largest absolute Gasteiger partial charge is 0.490 e. The molecular weight excluding hydrogens is 352 g/mol. The average molecular weight is 374 g/mol. The maximum Gasteiger partial charge on any atom is 0.250 e. The third kappa shape index (κ3) is 3.89. The van der Waals surface area contributed by atoms with Gasteiger partial charge in [-0.2, -0.15) is 0 Å². The molecule has 0 bridgehead atoms. The number of hydrogen-bond acceptors (Lipinski definition) is 5. The molecule has 0 atom stereocenters. The van der Waals surface area contributed by atoms with Gasteiger partial charge in [0.2, 0.25) is 15.7 Å². The zero-order chi connectivity index (χ0) is 18.7. The standard InChI is InChI=1S/C19H22N2O4S/c1-21-12-10-15(11-13-21)25-14-6-8-16(9-7-14)26(23,24)18-5-3-2-4-17(18)19(20)22/h2-9,15H,10-13H2,1H3,(H2,20,22). The van der Waals surface area contributed by atoms with Gasteiger partial charge in [0.1, 0.15) is 11.9 Å². The number of benzene rings is 2. The molecule has 2 aromatic carbocycles. The molecule has 0 spiro atoms. The summed E-state index contributed by atoms with van der Waals surface area (Å²) in [6.07, 6.45) is 2.04. The fourth-order valence-electron chi connectivity index (χ4n) is 3.02. The van der Waals surface area contributed by atoms with Crippen molar-refractivity contribution in [3.8, 4) is 5.75 Å². The van der Waals surface area contributed by atoms with Gasteiger partial charge in [-0.25, -0.2) is 8.42 Å². The number of carbonyl (C=O) groups is 1. The highest BCUT2D eigenvalue weighted by Gasteiger charge is 2.23. The molecule has 1 saturated heterocycles. The smallest absolute Gasteiger partial charge is 0.250 e. The molecule has 2 aromatic rings. The van der Waals surface area contributed by atoms with Crippen molar-refractivity contribution in [2.24, 2.45) is 5.73 Å². The quantitative estimate of drug-likeness (QED) is 0.865. The van der Waals surface area contributed by atoms with Crippen LogP contribution in [0.1, 0.15) is 23.2 Å². The summed E-state index contributed by atoms with van der Waals surface area (Å²) in [5.74, 6) is -0.131. The zero-order valence-electron chi connectivity index (χ0n) is 14.6. The number of nitrogens with two attached hydrogens (primary N) is 1. The van der Waals surface area contributed by atoms with Crippen LogP contribution in [0.5, 0.6) is 5.75 Å². The summed E-state index contributed by atoms with van der Waals surface area (Å²) in [4.78, 5) is 13.8. The van der Waals surface area contributed by atoms with Crippen molar-refractivity contribution in [3.05, 3.63) is 54.1 Å². The van der Waals surface area contributed by atoms with Crippen LogP contribution < -0.4 is 10.5 Å². The predicted octanol–water partition coefficient (Wildman–Crippen LogP) is 2.09. The molecule has 1 amide bonds. The van der Waals surface area contributed by atoms with Crippen LogP contribution in [0.25, 0.3) is 0 Å². The summed E-state index contributed by atoms with van der Waals surface area (Å²) < 4.78 is 31.6. The topological polar surface area (TPSA) is 89.7 Å². The molecular formula is C19H22N2O4S. The Balaban J connectivity index is 1.81. The summed E-state index contributed by atoms with van der Waals surface area (Å²) in [5, 5.41) is 0. The lowest BCUT2D eigenvalue weighted by Crippen LogP contribution is -2.35. The predicted molar refractivity (Wildman–Crippen MR) is 98.0 cm³/mol. The second-order valence-corrected chi connectivity index (χ2v) is 8.37. The van der Waals surface area contributed by atoms with Crippen molar-refractivity contribution in [1.82, 2.24) is 4.90 Å². The first kappa shape index (κ1) is 18.4. The molecule has 138 valence electrons.